The number of benzene rings is 2. The minimum atomic E-state index is -0.885. The lowest BCUT2D eigenvalue weighted by Gasteiger charge is -2.27. The summed E-state index contributed by atoms with van der Waals surface area (Å²) in [7, 11) is 0. The molecule has 1 atom stereocenters. The number of likely N-dealkylation sites (tertiary alicyclic amines) is 1. The zero-order valence-corrected chi connectivity index (χ0v) is 15.1. The number of carbonyl (C=O) groups excluding carboxylic acids is 2. The van der Waals surface area contributed by atoms with Gasteiger partial charge in [-0.25, -0.2) is 9.18 Å². The summed E-state index contributed by atoms with van der Waals surface area (Å²) in [6.45, 7) is 1.61. The smallest absolute Gasteiger partial charge is 0.322 e. The van der Waals surface area contributed by atoms with Crippen LogP contribution < -0.4 is 20.5 Å². The van der Waals surface area contributed by atoms with Crippen molar-refractivity contribution in [2.75, 3.05) is 25.1 Å². The molecule has 7 nitrogen and oxygen atoms in total. The number of halogens is 1. The van der Waals surface area contributed by atoms with Crippen LogP contribution in [0, 0.1) is 5.82 Å². The molecule has 2 aliphatic heterocycles. The molecule has 2 aromatic carbocycles. The number of hydrogen-bond acceptors (Lipinski definition) is 4. The van der Waals surface area contributed by atoms with Crippen LogP contribution in [0.3, 0.4) is 0 Å². The average molecular weight is 385 g/mol. The molecule has 0 saturated carbocycles. The molecule has 2 heterocycles. The number of ether oxygens (including phenoxy) is 2. The minimum absolute atomic E-state index is 0.105. The van der Waals surface area contributed by atoms with Crippen molar-refractivity contribution in [1.29, 1.82) is 0 Å². The molecular formula is C20H20FN3O4. The van der Waals surface area contributed by atoms with E-state index >= 15 is 0 Å². The Morgan fingerprint density at radius 3 is 2.68 bits per heavy atom. The molecule has 0 radical (unpaired) electrons. The minimum Gasteiger partial charge on any atom is -0.486 e. The van der Waals surface area contributed by atoms with Gasteiger partial charge in [0.05, 0.1) is 11.6 Å². The fourth-order valence-corrected chi connectivity index (χ4v) is 3.61. The predicted octanol–water partition coefficient (Wildman–Crippen LogP) is 3.06. The van der Waals surface area contributed by atoms with E-state index in [4.69, 9.17) is 15.2 Å². The zero-order valence-electron chi connectivity index (χ0n) is 15.1. The van der Waals surface area contributed by atoms with Gasteiger partial charge in [-0.05, 0) is 48.7 Å². The van der Waals surface area contributed by atoms with E-state index in [0.717, 1.165) is 24.5 Å². The van der Waals surface area contributed by atoms with E-state index < -0.39 is 11.7 Å². The third kappa shape index (κ3) is 3.45. The van der Waals surface area contributed by atoms with Gasteiger partial charge in [0.1, 0.15) is 19.0 Å². The zero-order chi connectivity index (χ0) is 19.7. The van der Waals surface area contributed by atoms with Gasteiger partial charge in [-0.2, -0.15) is 0 Å². The first-order chi connectivity index (χ1) is 13.5. The van der Waals surface area contributed by atoms with Crippen LogP contribution in [0.2, 0.25) is 0 Å². The van der Waals surface area contributed by atoms with Crippen LogP contribution in [0.5, 0.6) is 11.5 Å². The van der Waals surface area contributed by atoms with Crippen LogP contribution in [0.1, 0.15) is 34.8 Å². The van der Waals surface area contributed by atoms with Gasteiger partial charge >= 0.3 is 6.03 Å². The molecule has 3 N–H and O–H groups in total. The Bertz CT molecular complexity index is 934. The van der Waals surface area contributed by atoms with Crippen molar-refractivity contribution >= 4 is 17.6 Å². The Hall–Kier alpha value is -3.29. The van der Waals surface area contributed by atoms with E-state index in [0.29, 0.717) is 36.9 Å². The lowest BCUT2D eigenvalue weighted by Crippen LogP contribution is -2.34. The monoisotopic (exact) mass is 385 g/mol. The SMILES string of the molecule is NC(=O)c1cc(NC(=O)N2CCC[C@H]2c2ccc3c(c2)OCCO3)ccc1F. The molecule has 0 unspecified atom stereocenters. The number of rotatable bonds is 3. The first-order valence-electron chi connectivity index (χ1n) is 9.09. The number of urea groups is 1. The molecule has 0 bridgehead atoms. The van der Waals surface area contributed by atoms with Crippen molar-refractivity contribution in [2.45, 2.75) is 18.9 Å². The molecule has 4 rings (SSSR count). The number of nitrogens with one attached hydrogen (secondary N) is 1. The molecular weight excluding hydrogens is 365 g/mol. The van der Waals surface area contributed by atoms with Crippen LogP contribution in [-0.2, 0) is 0 Å². The maximum atomic E-state index is 13.6. The van der Waals surface area contributed by atoms with Crippen LogP contribution >= 0.6 is 0 Å². The molecule has 28 heavy (non-hydrogen) atoms. The fourth-order valence-electron chi connectivity index (χ4n) is 3.61. The number of nitrogens with zero attached hydrogens (tertiary/aromatic N) is 1. The topological polar surface area (TPSA) is 93.9 Å². The number of amides is 3. The molecule has 2 aliphatic rings. The first kappa shape index (κ1) is 18.1. The number of hydrogen-bond donors (Lipinski definition) is 2. The normalized spacial score (nSPS) is 18.0. The molecule has 3 amide bonds. The molecule has 2 aromatic rings. The second-order valence-electron chi connectivity index (χ2n) is 6.74. The van der Waals surface area contributed by atoms with Crippen molar-refractivity contribution < 1.29 is 23.5 Å². The van der Waals surface area contributed by atoms with Gasteiger partial charge < -0.3 is 25.4 Å². The molecule has 1 saturated heterocycles. The number of anilines is 1. The average Bonchev–Trinajstić information content (AvgIpc) is 3.19. The van der Waals surface area contributed by atoms with Crippen LogP contribution in [0.4, 0.5) is 14.9 Å². The highest BCUT2D eigenvalue weighted by Gasteiger charge is 2.31. The van der Waals surface area contributed by atoms with Gasteiger partial charge in [-0.15, -0.1) is 0 Å². The highest BCUT2D eigenvalue weighted by molar-refractivity contribution is 5.96. The van der Waals surface area contributed by atoms with Gasteiger partial charge in [0.25, 0.3) is 5.91 Å². The van der Waals surface area contributed by atoms with Gasteiger partial charge in [0.2, 0.25) is 0 Å². The van der Waals surface area contributed by atoms with Crippen molar-refractivity contribution in [2.24, 2.45) is 5.73 Å². The highest BCUT2D eigenvalue weighted by atomic mass is 19.1. The van der Waals surface area contributed by atoms with Gasteiger partial charge in [-0.3, -0.25) is 4.79 Å². The molecule has 8 heteroatoms. The third-order valence-electron chi connectivity index (χ3n) is 4.95. The first-order valence-corrected chi connectivity index (χ1v) is 9.09. The lowest BCUT2D eigenvalue weighted by atomic mass is 10.0. The molecule has 0 aromatic heterocycles. The van der Waals surface area contributed by atoms with Crippen LogP contribution in [0.25, 0.3) is 0 Å². The van der Waals surface area contributed by atoms with E-state index in [-0.39, 0.29) is 17.6 Å². The Morgan fingerprint density at radius 2 is 1.89 bits per heavy atom. The Morgan fingerprint density at radius 1 is 1.11 bits per heavy atom. The Labute approximate surface area is 161 Å². The highest BCUT2D eigenvalue weighted by Crippen LogP contribution is 2.38. The summed E-state index contributed by atoms with van der Waals surface area (Å²) in [5.41, 5.74) is 6.18. The second kappa shape index (κ2) is 7.38. The van der Waals surface area contributed by atoms with E-state index in [9.17, 15) is 14.0 Å². The maximum Gasteiger partial charge on any atom is 0.322 e. The van der Waals surface area contributed by atoms with Gasteiger partial charge in [0, 0.05) is 12.2 Å². The van der Waals surface area contributed by atoms with Gasteiger partial charge in [-0.1, -0.05) is 6.07 Å². The standard InChI is InChI=1S/C20H20FN3O4/c21-15-5-4-13(11-14(15)19(22)25)23-20(26)24-7-1-2-16(24)12-3-6-17-18(10-12)28-9-8-27-17/h3-6,10-11,16H,1-2,7-9H2,(H2,22,25)(H,23,26)/t16-/m0/s1. The van der Waals surface area contributed by atoms with Crippen molar-refractivity contribution in [3.8, 4) is 11.5 Å². The van der Waals surface area contributed by atoms with E-state index in [1.165, 1.54) is 12.1 Å². The number of carbonyl (C=O) groups is 2. The third-order valence-corrected chi connectivity index (χ3v) is 4.95. The fraction of sp³-hybridized carbons (Fsp3) is 0.300. The van der Waals surface area contributed by atoms with Crippen LogP contribution in [-0.4, -0.2) is 36.6 Å². The summed E-state index contributed by atoms with van der Waals surface area (Å²) >= 11 is 0. The van der Waals surface area contributed by atoms with E-state index in [1.807, 2.05) is 18.2 Å². The molecule has 0 spiro atoms. The molecule has 146 valence electrons. The van der Waals surface area contributed by atoms with E-state index in [2.05, 4.69) is 5.32 Å². The van der Waals surface area contributed by atoms with Crippen molar-refractivity contribution in [3.63, 3.8) is 0 Å². The predicted molar refractivity (Wildman–Crippen MR) is 100 cm³/mol. The summed E-state index contributed by atoms with van der Waals surface area (Å²) in [6, 6.07) is 9.03. The number of primary amides is 1. The van der Waals surface area contributed by atoms with Crippen LogP contribution in [0.15, 0.2) is 36.4 Å². The molecule has 1 fully saturated rings. The number of fused-ring (bicyclic) bond motifs is 1. The summed E-state index contributed by atoms with van der Waals surface area (Å²) in [5.74, 6) is -0.223. The Balaban J connectivity index is 1.53. The second-order valence-corrected chi connectivity index (χ2v) is 6.74. The summed E-state index contributed by atoms with van der Waals surface area (Å²) in [4.78, 5) is 25.8. The van der Waals surface area contributed by atoms with E-state index in [1.54, 1.807) is 4.90 Å². The van der Waals surface area contributed by atoms with Crippen molar-refractivity contribution in [3.05, 3.63) is 53.3 Å². The molecule has 0 aliphatic carbocycles. The van der Waals surface area contributed by atoms with Crippen molar-refractivity contribution in [1.82, 2.24) is 4.90 Å². The summed E-state index contributed by atoms with van der Waals surface area (Å²) in [5, 5.41) is 2.73. The summed E-state index contributed by atoms with van der Waals surface area (Å²) in [6.07, 6.45) is 1.69. The lowest BCUT2D eigenvalue weighted by molar-refractivity contribution is 0.0996. The van der Waals surface area contributed by atoms with Gasteiger partial charge in [0.15, 0.2) is 11.5 Å². The summed E-state index contributed by atoms with van der Waals surface area (Å²) < 4.78 is 24.8. The number of nitrogens with two attached hydrogens (primary N) is 1. The Kier molecular flexibility index (Phi) is 4.77. The largest absolute Gasteiger partial charge is 0.486 e. The quantitative estimate of drug-likeness (QED) is 0.849. The maximum absolute atomic E-state index is 13.6.